The Morgan fingerprint density at radius 2 is 1.87 bits per heavy atom. The smallest absolute Gasteiger partial charge is 0.255 e. The van der Waals surface area contributed by atoms with Crippen molar-refractivity contribution < 1.29 is 19.0 Å². The highest BCUT2D eigenvalue weighted by molar-refractivity contribution is 6.06. The summed E-state index contributed by atoms with van der Waals surface area (Å²) in [5.41, 5.74) is 2.75. The third kappa shape index (κ3) is 4.03. The summed E-state index contributed by atoms with van der Waals surface area (Å²) in [6.07, 6.45) is 1.50. The van der Waals surface area contributed by atoms with Gasteiger partial charge in [0.2, 0.25) is 0 Å². The average Bonchev–Trinajstić information content (AvgIpc) is 3.34. The summed E-state index contributed by atoms with van der Waals surface area (Å²) < 4.78 is 17.6. The van der Waals surface area contributed by atoms with Gasteiger partial charge in [-0.2, -0.15) is 0 Å². The zero-order valence-corrected chi connectivity index (χ0v) is 16.7. The number of carbonyl (C=O) groups excluding carboxylic acids is 1. The molecule has 0 bridgehead atoms. The Bertz CT molecular complexity index is 1020. The van der Waals surface area contributed by atoms with E-state index in [0.717, 1.165) is 24.5 Å². The Hall–Kier alpha value is -3.66. The summed E-state index contributed by atoms with van der Waals surface area (Å²) in [6, 6.07) is 10.7. The fraction of sp³-hybridized carbons (Fsp3) is 0.300. The highest BCUT2D eigenvalue weighted by Crippen LogP contribution is 2.31. The van der Waals surface area contributed by atoms with Crippen LogP contribution in [0.4, 0.5) is 11.4 Å². The van der Waals surface area contributed by atoms with E-state index >= 15 is 0 Å². The molecule has 10 heteroatoms. The van der Waals surface area contributed by atoms with Crippen molar-refractivity contribution in [2.24, 2.45) is 0 Å². The van der Waals surface area contributed by atoms with Crippen LogP contribution in [0.2, 0.25) is 0 Å². The maximum Gasteiger partial charge on any atom is 0.255 e. The monoisotopic (exact) mass is 410 g/mol. The van der Waals surface area contributed by atoms with Crippen molar-refractivity contribution in [3.63, 3.8) is 0 Å². The van der Waals surface area contributed by atoms with E-state index in [4.69, 9.17) is 14.2 Å². The SMILES string of the molecule is COc1ccc(C(=O)Nc2cc(-n3cnnn3)ccc2N2CCOCC2)cc1OC. The zero-order valence-electron chi connectivity index (χ0n) is 16.7. The summed E-state index contributed by atoms with van der Waals surface area (Å²) in [5.74, 6) is 0.782. The lowest BCUT2D eigenvalue weighted by Gasteiger charge is -2.30. The highest BCUT2D eigenvalue weighted by Gasteiger charge is 2.19. The third-order valence-electron chi connectivity index (χ3n) is 4.84. The van der Waals surface area contributed by atoms with Crippen LogP contribution in [-0.4, -0.2) is 66.6 Å². The van der Waals surface area contributed by atoms with Crippen LogP contribution < -0.4 is 19.7 Å². The molecule has 1 aliphatic rings. The number of rotatable bonds is 6. The Balaban J connectivity index is 1.67. The summed E-state index contributed by atoms with van der Waals surface area (Å²) in [5, 5.41) is 14.3. The third-order valence-corrected chi connectivity index (χ3v) is 4.84. The van der Waals surface area contributed by atoms with Gasteiger partial charge in [0, 0.05) is 18.7 Å². The molecular formula is C20H22N6O4. The molecule has 1 saturated heterocycles. The van der Waals surface area contributed by atoms with Gasteiger partial charge in [0.25, 0.3) is 5.91 Å². The van der Waals surface area contributed by atoms with Gasteiger partial charge in [-0.15, -0.1) is 5.10 Å². The van der Waals surface area contributed by atoms with Crippen LogP contribution in [0.15, 0.2) is 42.7 Å². The Morgan fingerprint density at radius 3 is 2.57 bits per heavy atom. The highest BCUT2D eigenvalue weighted by atomic mass is 16.5. The molecule has 0 aliphatic carbocycles. The number of amides is 1. The lowest BCUT2D eigenvalue weighted by Crippen LogP contribution is -2.36. The van der Waals surface area contributed by atoms with Crippen molar-refractivity contribution in [3.8, 4) is 17.2 Å². The number of morpholine rings is 1. The van der Waals surface area contributed by atoms with E-state index in [1.807, 2.05) is 18.2 Å². The molecule has 0 spiro atoms. The van der Waals surface area contributed by atoms with Crippen molar-refractivity contribution in [2.45, 2.75) is 0 Å². The first kappa shape index (κ1) is 19.6. The number of nitrogens with zero attached hydrogens (tertiary/aromatic N) is 5. The van der Waals surface area contributed by atoms with E-state index in [9.17, 15) is 4.79 Å². The van der Waals surface area contributed by atoms with Gasteiger partial charge in [0.1, 0.15) is 6.33 Å². The molecule has 1 N–H and O–H groups in total. The largest absolute Gasteiger partial charge is 0.493 e. The number of carbonyl (C=O) groups is 1. The van der Waals surface area contributed by atoms with Gasteiger partial charge in [-0.25, -0.2) is 4.68 Å². The predicted molar refractivity (Wildman–Crippen MR) is 110 cm³/mol. The summed E-state index contributed by atoms with van der Waals surface area (Å²) >= 11 is 0. The van der Waals surface area contributed by atoms with Gasteiger partial charge in [0.15, 0.2) is 11.5 Å². The Kier molecular flexibility index (Phi) is 5.75. The van der Waals surface area contributed by atoms with Crippen molar-refractivity contribution in [1.29, 1.82) is 0 Å². The Morgan fingerprint density at radius 1 is 1.07 bits per heavy atom. The molecule has 2 heterocycles. The number of tetrazole rings is 1. The number of nitrogens with one attached hydrogen (secondary N) is 1. The minimum Gasteiger partial charge on any atom is -0.493 e. The van der Waals surface area contributed by atoms with Crippen molar-refractivity contribution in [1.82, 2.24) is 20.2 Å². The predicted octanol–water partition coefficient (Wildman–Crippen LogP) is 1.77. The molecule has 1 aromatic heterocycles. The number of ether oxygens (including phenoxy) is 3. The van der Waals surface area contributed by atoms with Gasteiger partial charge in [-0.3, -0.25) is 4.79 Å². The maximum absolute atomic E-state index is 13.0. The number of benzene rings is 2. The molecule has 2 aromatic carbocycles. The molecule has 4 rings (SSSR count). The van der Waals surface area contributed by atoms with Gasteiger partial charge in [-0.05, 0) is 46.8 Å². The summed E-state index contributed by atoms with van der Waals surface area (Å²) in [4.78, 5) is 15.2. The van der Waals surface area contributed by atoms with Crippen LogP contribution in [0.1, 0.15) is 10.4 Å². The number of hydrogen-bond donors (Lipinski definition) is 1. The second kappa shape index (κ2) is 8.78. The molecular weight excluding hydrogens is 388 g/mol. The van der Waals surface area contributed by atoms with Crippen molar-refractivity contribution in [2.75, 3.05) is 50.7 Å². The van der Waals surface area contributed by atoms with Gasteiger partial charge >= 0.3 is 0 Å². The van der Waals surface area contributed by atoms with Crippen LogP contribution in [0.3, 0.4) is 0 Å². The topological polar surface area (TPSA) is 104 Å². The molecule has 0 saturated carbocycles. The number of hydrogen-bond acceptors (Lipinski definition) is 8. The lowest BCUT2D eigenvalue weighted by molar-refractivity contribution is 0.102. The zero-order chi connectivity index (χ0) is 20.9. The molecule has 156 valence electrons. The number of anilines is 2. The fourth-order valence-corrected chi connectivity index (χ4v) is 3.30. The van der Waals surface area contributed by atoms with E-state index in [2.05, 4.69) is 25.7 Å². The molecule has 1 aliphatic heterocycles. The standard InChI is InChI=1S/C20H22N6O4/c1-28-18-6-3-14(11-19(18)29-2)20(27)22-16-12-15(26-13-21-23-24-26)4-5-17(16)25-7-9-30-10-8-25/h3-6,11-13H,7-10H2,1-2H3,(H,22,27). The minimum absolute atomic E-state index is 0.265. The summed E-state index contributed by atoms with van der Waals surface area (Å²) in [7, 11) is 3.09. The summed E-state index contributed by atoms with van der Waals surface area (Å²) in [6.45, 7) is 2.75. The molecule has 1 amide bonds. The van der Waals surface area contributed by atoms with Gasteiger partial charge in [0.05, 0.1) is 44.5 Å². The second-order valence-electron chi connectivity index (χ2n) is 6.58. The first-order chi connectivity index (χ1) is 14.7. The molecule has 1 fully saturated rings. The minimum atomic E-state index is -0.265. The molecule has 30 heavy (non-hydrogen) atoms. The molecule has 10 nitrogen and oxygen atoms in total. The van der Waals surface area contributed by atoms with E-state index in [0.29, 0.717) is 36.0 Å². The molecule has 0 radical (unpaired) electrons. The molecule has 3 aromatic rings. The van der Waals surface area contributed by atoms with Crippen LogP contribution in [0.5, 0.6) is 11.5 Å². The first-order valence-corrected chi connectivity index (χ1v) is 9.43. The molecule has 0 unspecified atom stereocenters. The molecule has 0 atom stereocenters. The van der Waals surface area contributed by atoms with Crippen LogP contribution in [-0.2, 0) is 4.74 Å². The first-order valence-electron chi connectivity index (χ1n) is 9.43. The van der Waals surface area contributed by atoms with Crippen molar-refractivity contribution in [3.05, 3.63) is 48.3 Å². The van der Waals surface area contributed by atoms with Crippen LogP contribution >= 0.6 is 0 Å². The lowest BCUT2D eigenvalue weighted by atomic mass is 10.1. The van der Waals surface area contributed by atoms with E-state index in [1.165, 1.54) is 18.1 Å². The number of aromatic nitrogens is 4. The quantitative estimate of drug-likeness (QED) is 0.656. The van der Waals surface area contributed by atoms with E-state index < -0.39 is 0 Å². The number of methoxy groups -OCH3 is 2. The van der Waals surface area contributed by atoms with Crippen molar-refractivity contribution >= 4 is 17.3 Å². The van der Waals surface area contributed by atoms with Crippen LogP contribution in [0, 0.1) is 0 Å². The average molecular weight is 410 g/mol. The van der Waals surface area contributed by atoms with E-state index in [1.54, 1.807) is 25.3 Å². The van der Waals surface area contributed by atoms with Gasteiger partial charge < -0.3 is 24.4 Å². The fourth-order valence-electron chi connectivity index (χ4n) is 3.30. The normalized spacial score (nSPS) is 13.7. The Labute approximate surface area is 173 Å². The van der Waals surface area contributed by atoms with Crippen LogP contribution in [0.25, 0.3) is 5.69 Å². The maximum atomic E-state index is 13.0. The van der Waals surface area contributed by atoms with E-state index in [-0.39, 0.29) is 5.91 Å². The van der Waals surface area contributed by atoms with Gasteiger partial charge in [-0.1, -0.05) is 0 Å². The second-order valence-corrected chi connectivity index (χ2v) is 6.58.